The third kappa shape index (κ3) is 5.29. The molecule has 5 nitrogen and oxygen atoms in total. The van der Waals surface area contributed by atoms with E-state index in [2.05, 4.69) is 17.2 Å². The molecule has 0 unspecified atom stereocenters. The van der Waals surface area contributed by atoms with Crippen molar-refractivity contribution in [2.45, 2.75) is 26.8 Å². The van der Waals surface area contributed by atoms with Gasteiger partial charge in [-0.3, -0.25) is 4.79 Å². The molecule has 2 aromatic rings. The third-order valence-corrected chi connectivity index (χ3v) is 3.14. The van der Waals surface area contributed by atoms with Crippen molar-refractivity contribution >= 4 is 5.91 Å². The Kier molecular flexibility index (Phi) is 6.41. The maximum absolute atomic E-state index is 12.2. The van der Waals surface area contributed by atoms with Crippen molar-refractivity contribution in [1.29, 1.82) is 0 Å². The quantitative estimate of drug-likeness (QED) is 0.813. The number of ether oxygens (including phenoxy) is 2. The van der Waals surface area contributed by atoms with Gasteiger partial charge in [-0.05, 0) is 37.1 Å². The Balaban J connectivity index is 1.89. The van der Waals surface area contributed by atoms with Gasteiger partial charge in [-0.15, -0.1) is 0 Å². The molecule has 0 aliphatic heterocycles. The zero-order valence-electron chi connectivity index (χ0n) is 13.5. The van der Waals surface area contributed by atoms with E-state index >= 15 is 0 Å². The Morgan fingerprint density at radius 3 is 2.61 bits per heavy atom. The number of carbonyl (C=O) groups is 1. The van der Waals surface area contributed by atoms with Crippen LogP contribution in [0.25, 0.3) is 0 Å². The summed E-state index contributed by atoms with van der Waals surface area (Å²) < 4.78 is 10.8. The minimum Gasteiger partial charge on any atom is -0.494 e. The van der Waals surface area contributed by atoms with Crippen LogP contribution < -0.4 is 14.8 Å². The molecule has 1 N–H and O–H groups in total. The molecule has 5 heteroatoms. The lowest BCUT2D eigenvalue weighted by atomic mass is 10.2. The van der Waals surface area contributed by atoms with Gasteiger partial charge in [0.15, 0.2) is 0 Å². The van der Waals surface area contributed by atoms with Crippen LogP contribution in [0, 0.1) is 0 Å². The highest BCUT2D eigenvalue weighted by Gasteiger charge is 2.07. The van der Waals surface area contributed by atoms with Gasteiger partial charge in [0.2, 0.25) is 5.88 Å². The Morgan fingerprint density at radius 2 is 1.91 bits per heavy atom. The number of rotatable bonds is 8. The van der Waals surface area contributed by atoms with E-state index in [0.717, 1.165) is 17.7 Å². The van der Waals surface area contributed by atoms with Crippen molar-refractivity contribution in [2.24, 2.45) is 0 Å². The van der Waals surface area contributed by atoms with Gasteiger partial charge >= 0.3 is 0 Å². The smallest absolute Gasteiger partial charge is 0.251 e. The van der Waals surface area contributed by atoms with Gasteiger partial charge in [-0.25, -0.2) is 4.98 Å². The number of pyridine rings is 1. The summed E-state index contributed by atoms with van der Waals surface area (Å²) in [7, 11) is 0. The number of benzene rings is 1. The van der Waals surface area contributed by atoms with Gasteiger partial charge in [0.05, 0.1) is 13.2 Å². The average molecular weight is 314 g/mol. The SMILES string of the molecule is CCCOc1ccc(CNC(=O)c2ccnc(OCC)c2)cc1. The van der Waals surface area contributed by atoms with Crippen LogP contribution in [0.15, 0.2) is 42.6 Å². The van der Waals surface area contributed by atoms with Crippen LogP contribution in [0.4, 0.5) is 0 Å². The molecule has 0 aliphatic rings. The van der Waals surface area contributed by atoms with Crippen LogP contribution in [0.2, 0.25) is 0 Å². The van der Waals surface area contributed by atoms with E-state index in [1.54, 1.807) is 18.3 Å². The lowest BCUT2D eigenvalue weighted by Gasteiger charge is -2.08. The molecular formula is C18H22N2O3. The van der Waals surface area contributed by atoms with Crippen molar-refractivity contribution < 1.29 is 14.3 Å². The molecule has 23 heavy (non-hydrogen) atoms. The highest BCUT2D eigenvalue weighted by molar-refractivity contribution is 5.94. The van der Waals surface area contributed by atoms with Gasteiger partial charge in [-0.2, -0.15) is 0 Å². The Hall–Kier alpha value is -2.56. The molecule has 0 saturated carbocycles. The Labute approximate surface area is 136 Å². The summed E-state index contributed by atoms with van der Waals surface area (Å²) in [5.74, 6) is 1.15. The Bertz CT molecular complexity index is 626. The molecule has 1 amide bonds. The highest BCUT2D eigenvalue weighted by atomic mass is 16.5. The number of amides is 1. The molecule has 0 atom stereocenters. The monoisotopic (exact) mass is 314 g/mol. The molecule has 1 aromatic carbocycles. The average Bonchev–Trinajstić information content (AvgIpc) is 2.59. The van der Waals surface area contributed by atoms with E-state index in [1.165, 1.54) is 0 Å². The number of hydrogen-bond acceptors (Lipinski definition) is 4. The molecule has 0 aliphatic carbocycles. The summed E-state index contributed by atoms with van der Waals surface area (Å²) in [6.07, 6.45) is 2.55. The predicted molar refractivity (Wildman–Crippen MR) is 88.8 cm³/mol. The zero-order valence-corrected chi connectivity index (χ0v) is 13.5. The topological polar surface area (TPSA) is 60.5 Å². The molecule has 0 bridgehead atoms. The van der Waals surface area contributed by atoms with Crippen LogP contribution in [0.1, 0.15) is 36.2 Å². The van der Waals surface area contributed by atoms with Crippen LogP contribution in [-0.2, 0) is 6.54 Å². The fraction of sp³-hybridized carbons (Fsp3) is 0.333. The fourth-order valence-corrected chi connectivity index (χ4v) is 1.99. The minimum atomic E-state index is -0.153. The molecule has 0 radical (unpaired) electrons. The fourth-order valence-electron chi connectivity index (χ4n) is 1.99. The first-order valence-electron chi connectivity index (χ1n) is 7.81. The summed E-state index contributed by atoms with van der Waals surface area (Å²) in [6, 6.07) is 11.0. The van der Waals surface area contributed by atoms with Crippen LogP contribution in [0.5, 0.6) is 11.6 Å². The van der Waals surface area contributed by atoms with Crippen molar-refractivity contribution in [3.05, 3.63) is 53.7 Å². The van der Waals surface area contributed by atoms with E-state index < -0.39 is 0 Å². The molecule has 0 fully saturated rings. The van der Waals surface area contributed by atoms with E-state index in [1.807, 2.05) is 31.2 Å². The number of nitrogens with zero attached hydrogens (tertiary/aromatic N) is 1. The zero-order chi connectivity index (χ0) is 16.5. The highest BCUT2D eigenvalue weighted by Crippen LogP contribution is 2.13. The van der Waals surface area contributed by atoms with Gasteiger partial charge < -0.3 is 14.8 Å². The van der Waals surface area contributed by atoms with E-state index in [4.69, 9.17) is 9.47 Å². The lowest BCUT2D eigenvalue weighted by Crippen LogP contribution is -2.22. The second-order valence-electron chi connectivity index (χ2n) is 4.99. The van der Waals surface area contributed by atoms with Crippen LogP contribution >= 0.6 is 0 Å². The number of carbonyl (C=O) groups excluding carboxylic acids is 1. The van der Waals surface area contributed by atoms with E-state index in [-0.39, 0.29) is 5.91 Å². The molecule has 0 spiro atoms. The summed E-state index contributed by atoms with van der Waals surface area (Å²) in [4.78, 5) is 16.2. The number of aromatic nitrogens is 1. The summed E-state index contributed by atoms with van der Waals surface area (Å²) in [5.41, 5.74) is 1.55. The van der Waals surface area contributed by atoms with Gasteiger partial charge in [0.25, 0.3) is 5.91 Å². The molecule has 0 saturated heterocycles. The maximum Gasteiger partial charge on any atom is 0.251 e. The van der Waals surface area contributed by atoms with Gasteiger partial charge in [0, 0.05) is 24.4 Å². The summed E-state index contributed by atoms with van der Waals surface area (Å²) in [6.45, 7) is 5.63. The number of nitrogens with one attached hydrogen (secondary N) is 1. The van der Waals surface area contributed by atoms with Crippen LogP contribution in [-0.4, -0.2) is 24.1 Å². The minimum absolute atomic E-state index is 0.153. The molecule has 2 rings (SSSR count). The van der Waals surface area contributed by atoms with Crippen molar-refractivity contribution in [1.82, 2.24) is 10.3 Å². The van der Waals surface area contributed by atoms with Crippen molar-refractivity contribution in [3.8, 4) is 11.6 Å². The molecule has 1 heterocycles. The van der Waals surface area contributed by atoms with Gasteiger partial charge in [0.1, 0.15) is 5.75 Å². The first-order chi connectivity index (χ1) is 11.2. The summed E-state index contributed by atoms with van der Waals surface area (Å²) in [5, 5.41) is 2.88. The second kappa shape index (κ2) is 8.78. The third-order valence-electron chi connectivity index (χ3n) is 3.14. The lowest BCUT2D eigenvalue weighted by molar-refractivity contribution is 0.0950. The first-order valence-corrected chi connectivity index (χ1v) is 7.81. The van der Waals surface area contributed by atoms with Crippen molar-refractivity contribution in [2.75, 3.05) is 13.2 Å². The molecule has 122 valence electrons. The second-order valence-corrected chi connectivity index (χ2v) is 4.99. The van der Waals surface area contributed by atoms with Gasteiger partial charge in [-0.1, -0.05) is 19.1 Å². The first kappa shape index (κ1) is 16.8. The van der Waals surface area contributed by atoms with Crippen molar-refractivity contribution in [3.63, 3.8) is 0 Å². The standard InChI is InChI=1S/C18H22N2O3/c1-3-11-23-16-7-5-14(6-8-16)13-20-18(21)15-9-10-19-17(12-15)22-4-2/h5-10,12H,3-4,11,13H2,1-2H3,(H,20,21). The van der Waals surface area contributed by atoms with E-state index in [9.17, 15) is 4.79 Å². The largest absolute Gasteiger partial charge is 0.494 e. The maximum atomic E-state index is 12.2. The molecular weight excluding hydrogens is 292 g/mol. The normalized spacial score (nSPS) is 10.2. The predicted octanol–water partition coefficient (Wildman–Crippen LogP) is 3.20. The number of hydrogen-bond donors (Lipinski definition) is 1. The van der Waals surface area contributed by atoms with Crippen LogP contribution in [0.3, 0.4) is 0 Å². The molecule has 1 aromatic heterocycles. The van der Waals surface area contributed by atoms with E-state index in [0.29, 0.717) is 31.2 Å². The Morgan fingerprint density at radius 1 is 1.13 bits per heavy atom. The summed E-state index contributed by atoms with van der Waals surface area (Å²) >= 11 is 0.